The monoisotopic (exact) mass is 332 g/mol. The van der Waals surface area contributed by atoms with Gasteiger partial charge in [0, 0.05) is 29.4 Å². The second-order valence-corrected chi connectivity index (χ2v) is 6.07. The van der Waals surface area contributed by atoms with Crippen LogP contribution in [0.4, 0.5) is 0 Å². The van der Waals surface area contributed by atoms with Crippen LogP contribution < -0.4 is 4.74 Å². The number of fused-ring (bicyclic) bond motifs is 1. The summed E-state index contributed by atoms with van der Waals surface area (Å²) in [6, 6.07) is 13.3. The van der Waals surface area contributed by atoms with Crippen molar-refractivity contribution < 1.29 is 9.53 Å². The number of nitrogens with zero attached hydrogens (tertiary/aromatic N) is 3. The molecule has 0 bridgehead atoms. The van der Waals surface area contributed by atoms with Gasteiger partial charge in [0.05, 0.1) is 31.1 Å². The van der Waals surface area contributed by atoms with Crippen LogP contribution in [0, 0.1) is 11.3 Å². The van der Waals surface area contributed by atoms with Gasteiger partial charge in [-0.25, -0.2) is 4.98 Å². The number of aromatic amines is 1. The number of pyridine rings is 1. The lowest BCUT2D eigenvalue weighted by Gasteiger charge is -2.38. The maximum atomic E-state index is 12.4. The van der Waals surface area contributed by atoms with Gasteiger partial charge in [-0.05, 0) is 17.7 Å². The Morgan fingerprint density at radius 1 is 1.36 bits per heavy atom. The maximum absolute atomic E-state index is 12.4. The fourth-order valence-corrected chi connectivity index (χ4v) is 2.98. The number of ether oxygens (including phenoxy) is 1. The van der Waals surface area contributed by atoms with Crippen LogP contribution in [0.2, 0.25) is 0 Å². The van der Waals surface area contributed by atoms with Crippen molar-refractivity contribution in [3.8, 4) is 11.9 Å². The molecular weight excluding hydrogens is 316 g/mol. The summed E-state index contributed by atoms with van der Waals surface area (Å²) < 4.78 is 5.72. The predicted octanol–water partition coefficient (Wildman–Crippen LogP) is 2.27. The van der Waals surface area contributed by atoms with E-state index >= 15 is 0 Å². The molecule has 124 valence electrons. The lowest BCUT2D eigenvalue weighted by molar-refractivity contribution is -0.139. The van der Waals surface area contributed by atoms with E-state index in [9.17, 15) is 4.79 Å². The van der Waals surface area contributed by atoms with E-state index < -0.39 is 0 Å². The first-order valence-corrected chi connectivity index (χ1v) is 8.08. The number of carbonyl (C=O) groups is 1. The summed E-state index contributed by atoms with van der Waals surface area (Å²) in [6.07, 6.45) is 3.74. The highest BCUT2D eigenvalue weighted by Crippen LogP contribution is 2.21. The average Bonchev–Trinajstić information content (AvgIpc) is 3.01. The van der Waals surface area contributed by atoms with Gasteiger partial charge in [-0.1, -0.05) is 18.2 Å². The Bertz CT molecular complexity index is 967. The Morgan fingerprint density at radius 3 is 3.04 bits per heavy atom. The van der Waals surface area contributed by atoms with Crippen molar-refractivity contribution in [3.05, 3.63) is 59.9 Å². The number of amides is 1. The highest BCUT2D eigenvalue weighted by atomic mass is 16.5. The summed E-state index contributed by atoms with van der Waals surface area (Å²) in [4.78, 5) is 21.5. The van der Waals surface area contributed by atoms with Crippen LogP contribution in [0.5, 0.6) is 5.88 Å². The van der Waals surface area contributed by atoms with Crippen LogP contribution in [0.25, 0.3) is 10.9 Å². The van der Waals surface area contributed by atoms with E-state index in [0.717, 1.165) is 16.5 Å². The van der Waals surface area contributed by atoms with Gasteiger partial charge in [0.2, 0.25) is 11.8 Å². The topological polar surface area (TPSA) is 82.0 Å². The Kier molecular flexibility index (Phi) is 3.82. The number of carbonyl (C=O) groups excluding carboxylic acids is 1. The number of hydrogen-bond donors (Lipinski definition) is 1. The summed E-state index contributed by atoms with van der Waals surface area (Å²) in [5, 5.41) is 9.98. The minimum absolute atomic E-state index is 0.0756. The van der Waals surface area contributed by atoms with E-state index in [1.807, 2.05) is 30.5 Å². The summed E-state index contributed by atoms with van der Waals surface area (Å²) in [6.45, 7) is 1.08. The van der Waals surface area contributed by atoms with Gasteiger partial charge in [0.25, 0.3) is 0 Å². The summed E-state index contributed by atoms with van der Waals surface area (Å²) in [5.41, 5.74) is 2.56. The quantitative estimate of drug-likeness (QED) is 0.794. The smallest absolute Gasteiger partial charge is 0.227 e. The summed E-state index contributed by atoms with van der Waals surface area (Å²) in [7, 11) is 0. The molecule has 25 heavy (non-hydrogen) atoms. The van der Waals surface area contributed by atoms with Crippen LogP contribution >= 0.6 is 0 Å². The Hall–Kier alpha value is -3.33. The van der Waals surface area contributed by atoms with Crippen LogP contribution in [-0.2, 0) is 11.2 Å². The molecule has 6 nitrogen and oxygen atoms in total. The molecule has 2 aromatic heterocycles. The Morgan fingerprint density at radius 2 is 2.20 bits per heavy atom. The van der Waals surface area contributed by atoms with E-state index in [1.165, 1.54) is 0 Å². The minimum Gasteiger partial charge on any atom is -0.471 e. The van der Waals surface area contributed by atoms with Crippen molar-refractivity contribution in [2.24, 2.45) is 0 Å². The Labute approximate surface area is 144 Å². The van der Waals surface area contributed by atoms with Gasteiger partial charge in [-0.15, -0.1) is 0 Å². The first-order chi connectivity index (χ1) is 12.2. The first kappa shape index (κ1) is 15.2. The zero-order valence-electron chi connectivity index (χ0n) is 13.5. The number of nitriles is 1. The van der Waals surface area contributed by atoms with E-state index in [0.29, 0.717) is 31.0 Å². The second kappa shape index (κ2) is 6.29. The number of rotatable bonds is 4. The van der Waals surface area contributed by atoms with Gasteiger partial charge in [-0.2, -0.15) is 5.26 Å². The van der Waals surface area contributed by atoms with Crippen LogP contribution in [0.1, 0.15) is 11.1 Å². The minimum atomic E-state index is -0.0756. The predicted molar refractivity (Wildman–Crippen MR) is 92.0 cm³/mol. The van der Waals surface area contributed by atoms with E-state index in [-0.39, 0.29) is 12.0 Å². The number of H-pyrrole nitrogens is 1. The van der Waals surface area contributed by atoms with Gasteiger partial charge in [-0.3, -0.25) is 4.79 Å². The molecule has 3 aromatic rings. The van der Waals surface area contributed by atoms with Crippen LogP contribution in [-0.4, -0.2) is 40.0 Å². The molecule has 1 amide bonds. The lowest BCUT2D eigenvalue weighted by Crippen LogP contribution is -2.56. The molecule has 4 rings (SSSR count). The molecule has 0 spiro atoms. The molecule has 1 N–H and O–H groups in total. The average molecular weight is 332 g/mol. The van der Waals surface area contributed by atoms with E-state index in [2.05, 4.69) is 16.0 Å². The number of para-hydroxylation sites is 1. The summed E-state index contributed by atoms with van der Waals surface area (Å²) in [5.74, 6) is 0.510. The van der Waals surface area contributed by atoms with Crippen molar-refractivity contribution in [3.63, 3.8) is 0 Å². The van der Waals surface area contributed by atoms with Crippen LogP contribution in [0.15, 0.2) is 48.8 Å². The first-order valence-electron chi connectivity index (χ1n) is 8.08. The fraction of sp³-hybridized carbons (Fsp3) is 0.211. The molecule has 1 fully saturated rings. The number of likely N-dealkylation sites (tertiary alicyclic amines) is 1. The van der Waals surface area contributed by atoms with Gasteiger partial charge < -0.3 is 14.6 Å². The van der Waals surface area contributed by atoms with E-state index in [4.69, 9.17) is 10.00 Å². The molecule has 0 aliphatic carbocycles. The molecule has 6 heteroatoms. The molecule has 0 saturated carbocycles. The number of hydrogen-bond acceptors (Lipinski definition) is 4. The third-order valence-corrected chi connectivity index (χ3v) is 4.37. The Balaban J connectivity index is 1.34. The number of benzene rings is 1. The second-order valence-electron chi connectivity index (χ2n) is 6.07. The molecule has 0 atom stereocenters. The molecule has 0 radical (unpaired) electrons. The zero-order valence-corrected chi connectivity index (χ0v) is 13.5. The maximum Gasteiger partial charge on any atom is 0.227 e. The molecule has 1 aliphatic heterocycles. The van der Waals surface area contributed by atoms with Crippen molar-refractivity contribution in [2.75, 3.05) is 13.1 Å². The summed E-state index contributed by atoms with van der Waals surface area (Å²) >= 11 is 0. The highest BCUT2D eigenvalue weighted by molar-refractivity contribution is 5.89. The normalized spacial score (nSPS) is 14.1. The highest BCUT2D eigenvalue weighted by Gasteiger charge is 2.32. The van der Waals surface area contributed by atoms with Crippen molar-refractivity contribution in [1.29, 1.82) is 5.26 Å². The fourth-order valence-electron chi connectivity index (χ4n) is 2.98. The van der Waals surface area contributed by atoms with Crippen molar-refractivity contribution >= 4 is 16.8 Å². The standard InChI is InChI=1S/C19H16N4O2/c20-9-13-5-6-21-18(7-13)25-15-11-23(12-15)19(24)8-14-10-22-17-4-2-1-3-16(14)17/h1-7,10,15,22H,8,11-12H2. The molecule has 1 saturated heterocycles. The SMILES string of the molecule is N#Cc1ccnc(OC2CN(C(=O)Cc3c[nH]c4ccccc34)C2)c1. The van der Waals surface area contributed by atoms with Crippen molar-refractivity contribution in [1.82, 2.24) is 14.9 Å². The number of nitrogens with one attached hydrogen (secondary N) is 1. The van der Waals surface area contributed by atoms with Gasteiger partial charge in [0.1, 0.15) is 6.10 Å². The molecular formula is C19H16N4O2. The van der Waals surface area contributed by atoms with Gasteiger partial charge >= 0.3 is 0 Å². The van der Waals surface area contributed by atoms with Gasteiger partial charge in [0.15, 0.2) is 0 Å². The molecule has 1 aromatic carbocycles. The molecule has 3 heterocycles. The molecule has 0 unspecified atom stereocenters. The largest absolute Gasteiger partial charge is 0.471 e. The van der Waals surface area contributed by atoms with E-state index in [1.54, 1.807) is 23.2 Å². The number of aromatic nitrogens is 2. The lowest BCUT2D eigenvalue weighted by atomic mass is 10.1. The third-order valence-electron chi connectivity index (χ3n) is 4.37. The van der Waals surface area contributed by atoms with Crippen molar-refractivity contribution in [2.45, 2.75) is 12.5 Å². The van der Waals surface area contributed by atoms with Crippen LogP contribution in [0.3, 0.4) is 0 Å². The third kappa shape index (κ3) is 3.04. The molecule has 1 aliphatic rings. The zero-order chi connectivity index (χ0) is 17.2.